The van der Waals surface area contributed by atoms with E-state index in [0.29, 0.717) is 0 Å². The van der Waals surface area contributed by atoms with Crippen LogP contribution < -0.4 is 0 Å². The van der Waals surface area contributed by atoms with E-state index >= 15 is 0 Å². The zero-order valence-corrected chi connectivity index (χ0v) is 9.92. The molecule has 113 valence electrons. The topological polar surface area (TPSA) is 296 Å². The predicted octanol–water partition coefficient (Wildman–Crippen LogP) is -1.78. The first-order valence-electron chi connectivity index (χ1n) is 2.19. The molecule has 0 aliphatic heterocycles. The Balaban J connectivity index is -0.0000000257. The summed E-state index contributed by atoms with van der Waals surface area (Å²) in [4.78, 5) is 33.0. The first-order chi connectivity index (χ1) is 6.93. The van der Waals surface area contributed by atoms with Crippen LogP contribution >= 0.6 is 0 Å². The van der Waals surface area contributed by atoms with Crippen LogP contribution in [0, 0.1) is 61.3 Å². The van der Waals surface area contributed by atoms with Gasteiger partial charge in [-0.05, 0) is 0 Å². The second-order valence-corrected chi connectivity index (χ2v) is 0.894. The first-order valence-corrected chi connectivity index (χ1v) is 2.19. The molecule has 0 aliphatic carbocycles. The molecule has 18 heteroatoms. The summed E-state index contributed by atoms with van der Waals surface area (Å²) >= 11 is 0. The van der Waals surface area contributed by atoms with Crippen molar-refractivity contribution in [3.63, 3.8) is 0 Å². The third-order valence-corrected chi connectivity index (χ3v) is 0. The van der Waals surface area contributed by atoms with Crippen molar-refractivity contribution < 1.29 is 45.9 Å². The summed E-state index contributed by atoms with van der Waals surface area (Å²) < 4.78 is 0. The second-order valence-electron chi connectivity index (χ2n) is 0.894. The molecule has 0 aromatic heterocycles. The van der Waals surface area contributed by atoms with Gasteiger partial charge in [-0.2, -0.15) is 0 Å². The number of hydrogen-bond donors (Lipinski definition) is 0. The van der Waals surface area contributed by atoms with E-state index in [-0.39, 0.29) is 25.6 Å². The van der Waals surface area contributed by atoms with E-state index in [1.54, 1.807) is 0 Å². The maximum Gasteiger partial charge on any atom is 0.0689 e. The molecule has 0 saturated heterocycles. The molecule has 0 spiro atoms. The summed E-state index contributed by atoms with van der Waals surface area (Å²) in [5.74, 6) is 0. The fraction of sp³-hybridized carbons (Fsp3) is 0. The first kappa shape index (κ1) is 36.1. The van der Waals surface area contributed by atoms with Crippen LogP contribution in [0.2, 0.25) is 0 Å². The van der Waals surface area contributed by atoms with Crippen molar-refractivity contribution in [3.8, 4) is 0 Å². The molecule has 0 amide bonds. The molecular weight excluding hydrogens is 456 g/mol. The van der Waals surface area contributed by atoms with Gasteiger partial charge in [0, 0.05) is 20.1 Å². The summed E-state index contributed by atoms with van der Waals surface area (Å²) in [6.07, 6.45) is 0. The van der Waals surface area contributed by atoms with Gasteiger partial charge in [-0.15, -0.1) is 0 Å². The molecule has 0 unspecified atom stereocenters. The third-order valence-electron chi connectivity index (χ3n) is 0. The predicted molar refractivity (Wildman–Crippen MR) is 45.1 cm³/mol. The van der Waals surface area contributed by atoms with Gasteiger partial charge in [-0.25, -0.2) is 0 Å². The molecule has 0 aliphatic rings. The molecule has 0 bridgehead atoms. The van der Waals surface area contributed by atoms with Crippen molar-refractivity contribution in [1.29, 1.82) is 0 Å². The molecule has 2 N–H and O–H groups in total. The Morgan fingerprint density at radius 1 is 0.444 bits per heavy atom. The number of rotatable bonds is 0. The van der Waals surface area contributed by atoms with Crippen LogP contribution in [0.5, 0.6) is 0 Å². The Kier molecular flexibility index (Phi) is 58.8. The van der Waals surface area contributed by atoms with Crippen molar-refractivity contribution in [2.24, 2.45) is 0 Å². The summed E-state index contributed by atoms with van der Waals surface area (Å²) in [5.41, 5.74) is 0. The normalized spacial score (nSPS) is 5.33. The van der Waals surface area contributed by atoms with Gasteiger partial charge in [0.05, 0.1) is 20.3 Å². The van der Waals surface area contributed by atoms with E-state index in [1.165, 1.54) is 0 Å². The monoisotopic (exact) mass is 459 g/mol. The summed E-state index contributed by atoms with van der Waals surface area (Å²) in [7, 11) is 0. The van der Waals surface area contributed by atoms with E-state index in [2.05, 4.69) is 0 Å². The Morgan fingerprint density at radius 2 is 0.444 bits per heavy atom. The van der Waals surface area contributed by atoms with Crippen molar-refractivity contribution in [3.05, 3.63) is 61.3 Å². The van der Waals surface area contributed by atoms with Crippen LogP contribution in [-0.2, 0) is 20.1 Å². The molecule has 17 nitrogen and oxygen atoms in total. The molecule has 1 radical (unpaired) electrons. The minimum absolute atomic E-state index is 0. The van der Waals surface area contributed by atoms with E-state index in [0.717, 1.165) is 0 Å². The Hall–Kier alpha value is -2.59. The van der Waals surface area contributed by atoms with Crippen molar-refractivity contribution >= 4 is 0 Å². The van der Waals surface area contributed by atoms with Crippen LogP contribution in [0.25, 0.3) is 0 Å². The van der Waals surface area contributed by atoms with E-state index in [9.17, 15) is 0 Å². The zero-order chi connectivity index (χ0) is 14.3. The summed E-state index contributed by atoms with van der Waals surface area (Å²) in [6, 6.07) is 0. The SMILES string of the molecule is O.O=[N+]([O-])[O-].O=[N+]([O-])[O-].O=[N+]([O-])[O-].O=[N+]([O-])[O-].[Ir]. The van der Waals surface area contributed by atoms with E-state index in [1.807, 2.05) is 0 Å². The number of nitrogens with zero attached hydrogens (tertiary/aromatic N) is 4. The fourth-order valence-electron chi connectivity index (χ4n) is 0. The maximum atomic E-state index is 8.25. The van der Waals surface area contributed by atoms with Gasteiger partial charge in [-0.1, -0.05) is 0 Å². The van der Waals surface area contributed by atoms with Crippen LogP contribution in [0.1, 0.15) is 0 Å². The summed E-state index contributed by atoms with van der Waals surface area (Å²) in [5, 5.41) is 59.0. The largest absolute Gasteiger partial charge is 0.412 e. The number of hydrogen-bond acceptors (Lipinski definition) is 12. The van der Waals surface area contributed by atoms with Gasteiger partial charge < -0.3 is 66.8 Å². The smallest absolute Gasteiger partial charge is 0.0689 e. The standard InChI is InChI=1S/Ir.4NO3.H2O/c;4*2-1(3)4;/h;;;;;1H2/q;4*-1;. The molecule has 0 heterocycles. The average Bonchev–Trinajstić information content (AvgIpc) is 1.76. The molecular formula is H2IrN4O13-4. The van der Waals surface area contributed by atoms with Gasteiger partial charge in [0.15, 0.2) is 0 Å². The Bertz CT molecular complexity index is 159. The minimum atomic E-state index is -1.75. The Morgan fingerprint density at radius 3 is 0.444 bits per heavy atom. The third kappa shape index (κ3) is 308. The molecule has 0 atom stereocenters. The summed E-state index contributed by atoms with van der Waals surface area (Å²) in [6.45, 7) is 0. The fourth-order valence-corrected chi connectivity index (χ4v) is 0. The van der Waals surface area contributed by atoms with Crippen molar-refractivity contribution in [2.45, 2.75) is 0 Å². The van der Waals surface area contributed by atoms with Gasteiger partial charge in [0.2, 0.25) is 0 Å². The van der Waals surface area contributed by atoms with Crippen LogP contribution in [0.3, 0.4) is 0 Å². The maximum absolute atomic E-state index is 8.25. The average molecular weight is 458 g/mol. The van der Waals surface area contributed by atoms with E-state index in [4.69, 9.17) is 61.3 Å². The molecule has 18 heavy (non-hydrogen) atoms. The molecule has 0 aromatic carbocycles. The Labute approximate surface area is 108 Å². The van der Waals surface area contributed by atoms with Crippen molar-refractivity contribution in [1.82, 2.24) is 0 Å². The molecule has 0 fully saturated rings. The quantitative estimate of drug-likeness (QED) is 0.287. The molecule has 0 saturated carbocycles. The minimum Gasteiger partial charge on any atom is -0.412 e. The van der Waals surface area contributed by atoms with Gasteiger partial charge in [0.1, 0.15) is 0 Å². The molecule has 0 aromatic rings. The van der Waals surface area contributed by atoms with Crippen LogP contribution in [0.4, 0.5) is 0 Å². The van der Waals surface area contributed by atoms with Crippen molar-refractivity contribution in [2.75, 3.05) is 0 Å². The zero-order valence-electron chi connectivity index (χ0n) is 7.52. The van der Waals surface area contributed by atoms with E-state index < -0.39 is 20.3 Å². The van der Waals surface area contributed by atoms with Gasteiger partial charge >= 0.3 is 0 Å². The molecule has 0 rings (SSSR count). The van der Waals surface area contributed by atoms with Crippen LogP contribution in [0.15, 0.2) is 0 Å². The van der Waals surface area contributed by atoms with Gasteiger partial charge in [0.25, 0.3) is 0 Å². The van der Waals surface area contributed by atoms with Crippen LogP contribution in [-0.4, -0.2) is 25.8 Å². The second kappa shape index (κ2) is 29.3. The van der Waals surface area contributed by atoms with Gasteiger partial charge in [-0.3, -0.25) is 0 Å².